The van der Waals surface area contributed by atoms with Crippen LogP contribution < -0.4 is 15.4 Å². The van der Waals surface area contributed by atoms with E-state index in [1.54, 1.807) is 0 Å². The van der Waals surface area contributed by atoms with Crippen molar-refractivity contribution in [2.24, 2.45) is 0 Å². The van der Waals surface area contributed by atoms with Gasteiger partial charge in [0.2, 0.25) is 0 Å². The van der Waals surface area contributed by atoms with Crippen molar-refractivity contribution in [3.8, 4) is 5.75 Å². The van der Waals surface area contributed by atoms with Gasteiger partial charge < -0.3 is 19.9 Å². The fraction of sp³-hybridized carbons (Fsp3) is 0.263. The molecule has 0 saturated heterocycles. The van der Waals surface area contributed by atoms with Crippen LogP contribution in [0, 0.1) is 6.92 Å². The first-order valence-electron chi connectivity index (χ1n) is 8.33. The van der Waals surface area contributed by atoms with Crippen molar-refractivity contribution >= 4 is 34.1 Å². The smallest absolute Gasteiger partial charge is 0.187 e. The lowest BCUT2D eigenvalue weighted by Crippen LogP contribution is -2.30. The molecule has 1 aromatic heterocycles. The first-order valence-corrected chi connectivity index (χ1v) is 8.74. The molecule has 1 aliphatic carbocycles. The van der Waals surface area contributed by atoms with Crippen molar-refractivity contribution in [1.82, 2.24) is 10.5 Å². The zero-order chi connectivity index (χ0) is 17.2. The van der Waals surface area contributed by atoms with Gasteiger partial charge >= 0.3 is 0 Å². The van der Waals surface area contributed by atoms with Gasteiger partial charge in [-0.25, -0.2) is 0 Å². The zero-order valence-electron chi connectivity index (χ0n) is 13.9. The van der Waals surface area contributed by atoms with Crippen molar-refractivity contribution in [1.29, 1.82) is 0 Å². The van der Waals surface area contributed by atoms with Crippen LogP contribution in [0.5, 0.6) is 5.75 Å². The molecule has 0 atom stereocenters. The minimum absolute atomic E-state index is 0.481. The molecular formula is C19H19N3O2S. The third kappa shape index (κ3) is 3.74. The fourth-order valence-corrected chi connectivity index (χ4v) is 2.83. The molecule has 0 spiro atoms. The number of anilines is 1. The highest BCUT2D eigenvalue weighted by atomic mass is 32.1. The standard InChI is InChI=1S/C19H19N3O2S/c1-12-5-7-13(8-6-12)11-23-15-3-2-4-16-17(15)18(22-24-16)21-19(25)20-14-9-10-14/h2-8,14H,9-11H2,1H3,(H2,20,21,22,25). The molecule has 5 nitrogen and oxygen atoms in total. The second-order valence-electron chi connectivity index (χ2n) is 6.31. The molecule has 128 valence electrons. The quantitative estimate of drug-likeness (QED) is 0.672. The zero-order valence-corrected chi connectivity index (χ0v) is 14.7. The summed E-state index contributed by atoms with van der Waals surface area (Å²) in [4.78, 5) is 0. The van der Waals surface area contributed by atoms with Crippen LogP contribution in [0.25, 0.3) is 11.0 Å². The monoisotopic (exact) mass is 353 g/mol. The van der Waals surface area contributed by atoms with E-state index in [-0.39, 0.29) is 0 Å². The number of aryl methyl sites for hydroxylation is 1. The van der Waals surface area contributed by atoms with Gasteiger partial charge in [-0.3, -0.25) is 0 Å². The number of rotatable bonds is 5. The Hall–Kier alpha value is -2.60. The topological polar surface area (TPSA) is 59.3 Å². The number of benzene rings is 2. The minimum Gasteiger partial charge on any atom is -0.488 e. The normalized spacial score (nSPS) is 13.6. The Labute approximate surface area is 151 Å². The van der Waals surface area contributed by atoms with E-state index in [9.17, 15) is 0 Å². The first-order chi connectivity index (χ1) is 12.2. The van der Waals surface area contributed by atoms with E-state index in [1.165, 1.54) is 5.56 Å². The first kappa shape index (κ1) is 15.9. The number of nitrogens with one attached hydrogen (secondary N) is 2. The third-order valence-corrected chi connectivity index (χ3v) is 4.34. The van der Waals surface area contributed by atoms with Crippen LogP contribution in [0.1, 0.15) is 24.0 Å². The Morgan fingerprint density at radius 3 is 2.80 bits per heavy atom. The predicted octanol–water partition coefficient (Wildman–Crippen LogP) is 4.16. The molecule has 0 aliphatic heterocycles. The Bertz CT molecular complexity index is 901. The van der Waals surface area contributed by atoms with Crippen LogP contribution >= 0.6 is 12.2 Å². The van der Waals surface area contributed by atoms with Gasteiger partial charge in [0.05, 0.1) is 0 Å². The molecule has 4 rings (SSSR count). The summed E-state index contributed by atoms with van der Waals surface area (Å²) in [5, 5.41) is 11.8. The molecule has 2 aromatic carbocycles. The van der Waals surface area contributed by atoms with Crippen molar-refractivity contribution in [2.75, 3.05) is 5.32 Å². The maximum Gasteiger partial charge on any atom is 0.187 e. The van der Waals surface area contributed by atoms with Crippen molar-refractivity contribution < 1.29 is 9.26 Å². The fourth-order valence-electron chi connectivity index (χ4n) is 2.57. The van der Waals surface area contributed by atoms with Crippen LogP contribution in [0.4, 0.5) is 5.82 Å². The number of aromatic nitrogens is 1. The molecule has 2 N–H and O–H groups in total. The SMILES string of the molecule is Cc1ccc(COc2cccc3onc(NC(=S)NC4CC4)c23)cc1. The molecule has 1 saturated carbocycles. The lowest BCUT2D eigenvalue weighted by atomic mass is 10.2. The van der Waals surface area contributed by atoms with Crippen LogP contribution in [0.3, 0.4) is 0 Å². The summed E-state index contributed by atoms with van der Waals surface area (Å²) in [5.41, 5.74) is 3.01. The molecular weight excluding hydrogens is 334 g/mol. The van der Waals surface area contributed by atoms with Crippen molar-refractivity contribution in [3.05, 3.63) is 53.6 Å². The Morgan fingerprint density at radius 2 is 2.04 bits per heavy atom. The average molecular weight is 353 g/mol. The van der Waals surface area contributed by atoms with Gasteiger partial charge in [0.1, 0.15) is 17.7 Å². The second-order valence-corrected chi connectivity index (χ2v) is 6.72. The third-order valence-electron chi connectivity index (χ3n) is 4.12. The maximum absolute atomic E-state index is 6.02. The van der Waals surface area contributed by atoms with Gasteiger partial charge in [0.15, 0.2) is 16.5 Å². The van der Waals surface area contributed by atoms with Crippen LogP contribution in [-0.2, 0) is 6.61 Å². The summed E-state index contributed by atoms with van der Waals surface area (Å²) in [6.07, 6.45) is 2.32. The molecule has 1 aliphatic rings. The maximum atomic E-state index is 6.02. The highest BCUT2D eigenvalue weighted by Crippen LogP contribution is 2.32. The Morgan fingerprint density at radius 1 is 1.24 bits per heavy atom. The van der Waals surface area contributed by atoms with Gasteiger partial charge in [0.25, 0.3) is 0 Å². The van der Waals surface area contributed by atoms with E-state index >= 15 is 0 Å². The van der Waals surface area contributed by atoms with Crippen LogP contribution in [-0.4, -0.2) is 16.3 Å². The number of ether oxygens (including phenoxy) is 1. The summed E-state index contributed by atoms with van der Waals surface area (Å²) in [6.45, 7) is 2.55. The molecule has 1 heterocycles. The van der Waals surface area contributed by atoms with Crippen molar-refractivity contribution in [3.63, 3.8) is 0 Å². The lowest BCUT2D eigenvalue weighted by molar-refractivity contribution is 0.310. The van der Waals surface area contributed by atoms with Crippen LogP contribution in [0.15, 0.2) is 47.0 Å². The van der Waals surface area contributed by atoms with E-state index < -0.39 is 0 Å². The van der Waals surface area contributed by atoms with E-state index in [4.69, 9.17) is 21.5 Å². The largest absolute Gasteiger partial charge is 0.488 e. The van der Waals surface area contributed by atoms with Gasteiger partial charge in [0, 0.05) is 6.04 Å². The molecule has 1 fully saturated rings. The summed E-state index contributed by atoms with van der Waals surface area (Å²) >= 11 is 5.33. The second kappa shape index (κ2) is 6.72. The van der Waals surface area contributed by atoms with Crippen molar-refractivity contribution in [2.45, 2.75) is 32.4 Å². The molecule has 0 unspecified atom stereocenters. The van der Waals surface area contributed by atoms with E-state index in [0.29, 0.717) is 29.2 Å². The number of nitrogens with zero attached hydrogens (tertiary/aromatic N) is 1. The summed E-state index contributed by atoms with van der Waals surface area (Å²) in [7, 11) is 0. The lowest BCUT2D eigenvalue weighted by Gasteiger charge is -2.10. The van der Waals surface area contributed by atoms with Gasteiger partial charge in [-0.05, 0) is 49.7 Å². The van der Waals surface area contributed by atoms with E-state index in [0.717, 1.165) is 29.5 Å². The Balaban J connectivity index is 1.54. The number of thiocarbonyl (C=S) groups is 1. The summed E-state index contributed by atoms with van der Waals surface area (Å²) in [5.74, 6) is 1.30. The van der Waals surface area contributed by atoms with Gasteiger partial charge in [-0.2, -0.15) is 0 Å². The van der Waals surface area contributed by atoms with E-state index in [2.05, 4.69) is 47.0 Å². The number of hydrogen-bond donors (Lipinski definition) is 2. The average Bonchev–Trinajstić information content (AvgIpc) is 3.33. The Kier molecular flexibility index (Phi) is 4.28. The summed E-state index contributed by atoms with van der Waals surface area (Å²) in [6, 6.07) is 14.4. The van der Waals surface area contributed by atoms with E-state index in [1.807, 2.05) is 18.2 Å². The van der Waals surface area contributed by atoms with Gasteiger partial charge in [-0.1, -0.05) is 41.1 Å². The predicted molar refractivity (Wildman–Crippen MR) is 102 cm³/mol. The molecule has 0 amide bonds. The molecule has 6 heteroatoms. The minimum atomic E-state index is 0.481. The highest BCUT2D eigenvalue weighted by Gasteiger charge is 2.23. The highest BCUT2D eigenvalue weighted by molar-refractivity contribution is 7.80. The molecule has 0 radical (unpaired) electrons. The van der Waals surface area contributed by atoms with Crippen LogP contribution in [0.2, 0.25) is 0 Å². The number of hydrogen-bond acceptors (Lipinski definition) is 4. The molecule has 3 aromatic rings. The number of fused-ring (bicyclic) bond motifs is 1. The molecule has 25 heavy (non-hydrogen) atoms. The molecule has 0 bridgehead atoms. The van der Waals surface area contributed by atoms with Gasteiger partial charge in [-0.15, -0.1) is 0 Å². The summed E-state index contributed by atoms with van der Waals surface area (Å²) < 4.78 is 11.4.